The fraction of sp³-hybridized carbons (Fsp3) is 0.429. The Hall–Kier alpha value is -2.96. The van der Waals surface area contributed by atoms with Crippen molar-refractivity contribution in [1.29, 1.82) is 0 Å². The highest BCUT2D eigenvalue weighted by molar-refractivity contribution is 6.04. The van der Waals surface area contributed by atoms with Crippen LogP contribution in [0.2, 0.25) is 0 Å². The number of nitrogens with one attached hydrogen (secondary N) is 1. The molecule has 1 fully saturated rings. The van der Waals surface area contributed by atoms with E-state index in [1.54, 1.807) is 4.68 Å². The van der Waals surface area contributed by atoms with Crippen molar-refractivity contribution >= 4 is 16.8 Å². The minimum atomic E-state index is -0.215. The molecule has 3 aromatic rings. The smallest absolute Gasteiger partial charge is 0.275 e. The molecule has 7 heteroatoms. The van der Waals surface area contributed by atoms with Crippen LogP contribution in [0.25, 0.3) is 10.9 Å². The average Bonchev–Trinajstić information content (AvgIpc) is 3.20. The second-order valence-electron chi connectivity index (χ2n) is 8.08. The summed E-state index contributed by atoms with van der Waals surface area (Å²) in [7, 11) is 1.86. The largest absolute Gasteiger partial charge is 0.336 e. The first-order valence-corrected chi connectivity index (χ1v) is 9.80. The number of rotatable bonds is 1. The number of para-hydroxylation sites is 1. The number of carbonyl (C=O) groups is 1. The molecule has 1 aromatic carbocycles. The first-order chi connectivity index (χ1) is 13.5. The lowest BCUT2D eigenvalue weighted by Gasteiger charge is -2.40. The van der Waals surface area contributed by atoms with Crippen LogP contribution in [0.3, 0.4) is 0 Å². The van der Waals surface area contributed by atoms with E-state index in [-0.39, 0.29) is 16.9 Å². The van der Waals surface area contributed by atoms with E-state index in [0.717, 1.165) is 47.8 Å². The van der Waals surface area contributed by atoms with Gasteiger partial charge in [0.15, 0.2) is 5.69 Å². The highest BCUT2D eigenvalue weighted by Gasteiger charge is 2.46. The maximum atomic E-state index is 13.4. The van der Waals surface area contributed by atoms with Gasteiger partial charge >= 0.3 is 0 Å². The number of nitrogens with zero attached hydrogens (tertiary/aromatic N) is 4. The van der Waals surface area contributed by atoms with E-state index in [9.17, 15) is 9.59 Å². The van der Waals surface area contributed by atoms with Crippen LogP contribution in [0, 0.1) is 6.92 Å². The molecule has 1 atom stereocenters. The molecular weight excluding hydrogens is 354 g/mol. The maximum absolute atomic E-state index is 13.4. The Morgan fingerprint density at radius 2 is 2.07 bits per heavy atom. The second kappa shape index (κ2) is 6.02. The highest BCUT2D eigenvalue weighted by Crippen LogP contribution is 2.43. The van der Waals surface area contributed by atoms with E-state index < -0.39 is 0 Å². The normalized spacial score (nSPS) is 21.4. The van der Waals surface area contributed by atoms with Crippen LogP contribution in [-0.4, -0.2) is 43.6 Å². The summed E-state index contributed by atoms with van der Waals surface area (Å²) < 4.78 is 1.76. The first-order valence-electron chi connectivity index (χ1n) is 9.80. The number of carbonyl (C=O) groups excluding carboxylic acids is 1. The molecule has 3 heterocycles. The molecule has 0 radical (unpaired) electrons. The van der Waals surface area contributed by atoms with Gasteiger partial charge in [0, 0.05) is 36.5 Å². The van der Waals surface area contributed by atoms with E-state index in [2.05, 4.69) is 10.1 Å². The molecule has 1 amide bonds. The van der Waals surface area contributed by atoms with Gasteiger partial charge in [-0.15, -0.1) is 0 Å². The van der Waals surface area contributed by atoms with Crippen molar-refractivity contribution in [3.05, 3.63) is 57.4 Å². The van der Waals surface area contributed by atoms with Crippen LogP contribution >= 0.6 is 0 Å². The Kier molecular flexibility index (Phi) is 3.69. The summed E-state index contributed by atoms with van der Waals surface area (Å²) in [5.74, 6) is 0.607. The minimum absolute atomic E-state index is 0.0291. The summed E-state index contributed by atoms with van der Waals surface area (Å²) in [4.78, 5) is 35.2. The quantitative estimate of drug-likeness (QED) is 0.704. The molecule has 1 spiro atoms. The first kappa shape index (κ1) is 17.2. The molecule has 28 heavy (non-hydrogen) atoms. The maximum Gasteiger partial charge on any atom is 0.275 e. The van der Waals surface area contributed by atoms with Crippen molar-refractivity contribution in [2.45, 2.75) is 38.0 Å². The third-order valence-corrected chi connectivity index (χ3v) is 6.31. The minimum Gasteiger partial charge on any atom is -0.336 e. The lowest BCUT2D eigenvalue weighted by molar-refractivity contribution is 0.0628. The van der Waals surface area contributed by atoms with Crippen molar-refractivity contribution in [2.75, 3.05) is 13.1 Å². The number of piperidine rings is 1. The number of hydrogen-bond donors (Lipinski definition) is 1. The van der Waals surface area contributed by atoms with Crippen molar-refractivity contribution in [1.82, 2.24) is 24.6 Å². The Labute approximate surface area is 162 Å². The van der Waals surface area contributed by atoms with Crippen LogP contribution in [-0.2, 0) is 18.9 Å². The van der Waals surface area contributed by atoms with Crippen LogP contribution in [0.5, 0.6) is 0 Å². The van der Waals surface area contributed by atoms with E-state index in [1.165, 1.54) is 0 Å². The van der Waals surface area contributed by atoms with Crippen molar-refractivity contribution in [3.8, 4) is 0 Å². The fourth-order valence-corrected chi connectivity index (χ4v) is 4.99. The summed E-state index contributed by atoms with van der Waals surface area (Å²) in [5, 5.41) is 5.39. The highest BCUT2D eigenvalue weighted by atomic mass is 16.2. The number of likely N-dealkylation sites (tertiary alicyclic amines) is 1. The lowest BCUT2D eigenvalue weighted by Crippen LogP contribution is -2.48. The van der Waals surface area contributed by atoms with Gasteiger partial charge in [0.2, 0.25) is 0 Å². The summed E-state index contributed by atoms with van der Waals surface area (Å²) >= 11 is 0. The Morgan fingerprint density at radius 3 is 2.93 bits per heavy atom. The summed E-state index contributed by atoms with van der Waals surface area (Å²) in [6.45, 7) is 3.13. The molecular formula is C21H23N5O2. The number of hydrogen-bond acceptors (Lipinski definition) is 4. The predicted molar refractivity (Wildman–Crippen MR) is 105 cm³/mol. The number of H-pyrrole nitrogens is 1. The molecule has 1 aliphatic carbocycles. The third kappa shape index (κ3) is 2.42. The predicted octanol–water partition coefficient (Wildman–Crippen LogP) is 2.09. The number of aryl methyl sites for hydroxylation is 2. The summed E-state index contributed by atoms with van der Waals surface area (Å²) in [6, 6.07) is 7.81. The number of benzene rings is 1. The number of amides is 1. The van der Waals surface area contributed by atoms with Crippen LogP contribution in [0.15, 0.2) is 29.1 Å². The van der Waals surface area contributed by atoms with Gasteiger partial charge in [-0.1, -0.05) is 18.2 Å². The molecule has 5 rings (SSSR count). The Bertz CT molecular complexity index is 1160. The molecule has 1 saturated heterocycles. The van der Waals surface area contributed by atoms with Gasteiger partial charge in [0.05, 0.1) is 11.2 Å². The molecule has 2 aliphatic rings. The number of aromatic amines is 1. The Balaban J connectivity index is 1.52. The zero-order valence-corrected chi connectivity index (χ0v) is 16.2. The second-order valence-corrected chi connectivity index (χ2v) is 8.08. The van der Waals surface area contributed by atoms with Crippen LogP contribution in [0.1, 0.15) is 46.8 Å². The van der Waals surface area contributed by atoms with E-state index >= 15 is 0 Å². The molecule has 1 aliphatic heterocycles. The van der Waals surface area contributed by atoms with Crippen molar-refractivity contribution in [3.63, 3.8) is 0 Å². The number of aromatic nitrogens is 4. The zero-order chi connectivity index (χ0) is 19.5. The van der Waals surface area contributed by atoms with Crippen molar-refractivity contribution < 1.29 is 4.79 Å². The van der Waals surface area contributed by atoms with Gasteiger partial charge < -0.3 is 9.88 Å². The van der Waals surface area contributed by atoms with E-state index in [0.29, 0.717) is 24.6 Å². The molecule has 1 N–H and O–H groups in total. The molecule has 144 valence electrons. The summed E-state index contributed by atoms with van der Waals surface area (Å²) in [6.07, 6.45) is 3.47. The van der Waals surface area contributed by atoms with Crippen molar-refractivity contribution in [2.24, 2.45) is 7.05 Å². The summed E-state index contributed by atoms with van der Waals surface area (Å²) in [5.41, 5.74) is 2.90. The molecule has 0 bridgehead atoms. The third-order valence-electron chi connectivity index (χ3n) is 6.31. The van der Waals surface area contributed by atoms with Gasteiger partial charge in [0.25, 0.3) is 11.5 Å². The van der Waals surface area contributed by atoms with E-state index in [1.807, 2.05) is 43.1 Å². The average molecular weight is 377 g/mol. The zero-order valence-electron chi connectivity index (χ0n) is 16.2. The van der Waals surface area contributed by atoms with Gasteiger partial charge in [-0.3, -0.25) is 14.3 Å². The Morgan fingerprint density at radius 1 is 1.25 bits per heavy atom. The van der Waals surface area contributed by atoms with Gasteiger partial charge in [0.1, 0.15) is 5.82 Å². The molecule has 2 aromatic heterocycles. The standard InChI is InChI=1S/C21H23N5O2/c1-13-22-18-15(19(27)23-13)8-10-21(18)9-5-11-26(12-21)20(28)17-14-6-3-4-7-16(14)25(2)24-17/h3-4,6-7H,5,8-12H2,1-2H3,(H,22,23,27). The fourth-order valence-electron chi connectivity index (χ4n) is 4.99. The van der Waals surface area contributed by atoms with E-state index in [4.69, 9.17) is 4.98 Å². The van der Waals surface area contributed by atoms with Crippen LogP contribution < -0.4 is 5.56 Å². The van der Waals surface area contributed by atoms with Gasteiger partial charge in [-0.25, -0.2) is 4.98 Å². The topological polar surface area (TPSA) is 83.9 Å². The van der Waals surface area contributed by atoms with Gasteiger partial charge in [-0.2, -0.15) is 5.10 Å². The molecule has 0 saturated carbocycles. The molecule has 7 nitrogen and oxygen atoms in total. The monoisotopic (exact) mass is 377 g/mol. The van der Waals surface area contributed by atoms with Crippen LogP contribution in [0.4, 0.5) is 0 Å². The lowest BCUT2D eigenvalue weighted by atomic mass is 9.77. The molecule has 1 unspecified atom stereocenters. The SMILES string of the molecule is Cc1nc2c(c(=O)[nH]1)CCC21CCCN(C(=O)c2nn(C)c3ccccc23)C1. The number of fused-ring (bicyclic) bond motifs is 3. The van der Waals surface area contributed by atoms with Gasteiger partial charge in [-0.05, 0) is 38.7 Å².